The van der Waals surface area contributed by atoms with Gasteiger partial charge in [-0.25, -0.2) is 4.79 Å². The molecule has 0 amide bonds. The van der Waals surface area contributed by atoms with Gasteiger partial charge in [-0.2, -0.15) is 4.52 Å². The van der Waals surface area contributed by atoms with Crippen molar-refractivity contribution in [2.24, 2.45) is 0 Å². The minimum absolute atomic E-state index is 0.332. The molecule has 12 heavy (non-hydrogen) atoms. The molecule has 0 spiro atoms. The Labute approximate surface area is 72.5 Å². The van der Waals surface area contributed by atoms with E-state index in [0.717, 1.165) is 6.42 Å². The van der Waals surface area contributed by atoms with Gasteiger partial charge in [0.05, 0.1) is 0 Å². The molecule has 0 aliphatic heterocycles. The molecule has 0 N–H and O–H groups in total. The zero-order valence-corrected chi connectivity index (χ0v) is 8.04. The Bertz CT molecular complexity index is 188. The van der Waals surface area contributed by atoms with Gasteiger partial charge in [0.1, 0.15) is 6.61 Å². The minimum atomic E-state index is -2.29. The van der Waals surface area contributed by atoms with Crippen molar-refractivity contribution in [2.45, 2.75) is 20.3 Å². The monoisotopic (exact) mass is 191 g/mol. The predicted molar refractivity (Wildman–Crippen MR) is 44.8 cm³/mol. The second-order valence-corrected chi connectivity index (χ2v) is 2.86. The molecule has 0 radical (unpaired) electrons. The summed E-state index contributed by atoms with van der Waals surface area (Å²) < 4.78 is 19.7. The summed E-state index contributed by atoms with van der Waals surface area (Å²) in [6, 6.07) is 0. The van der Waals surface area contributed by atoms with Gasteiger partial charge in [0.25, 0.3) is 0 Å². The van der Waals surface area contributed by atoms with Crippen LogP contribution in [0.5, 0.6) is 0 Å². The molecule has 0 heterocycles. The summed E-state index contributed by atoms with van der Waals surface area (Å²) in [6.45, 7) is 3.87. The number of carbonyl (C=O) groups excluding carboxylic acids is 1. The van der Waals surface area contributed by atoms with Crippen LogP contribution in [0.25, 0.3) is 0 Å². The molecule has 0 aliphatic rings. The first-order valence-corrected chi connectivity index (χ1v) is 4.75. The first kappa shape index (κ1) is 11.3. The van der Waals surface area contributed by atoms with E-state index in [0.29, 0.717) is 6.61 Å². The average molecular weight is 191 g/mol. The molecule has 0 saturated carbocycles. The maximum atomic E-state index is 10.7. The first-order valence-electron chi connectivity index (χ1n) is 3.65. The van der Waals surface area contributed by atoms with E-state index in [-0.39, 0.29) is 0 Å². The number of rotatable bonds is 5. The first-order chi connectivity index (χ1) is 5.70. The lowest BCUT2D eigenvalue weighted by molar-refractivity contribution is -0.129. The van der Waals surface area contributed by atoms with Gasteiger partial charge in [-0.3, -0.25) is 0 Å². The van der Waals surface area contributed by atoms with Crippen molar-refractivity contribution in [3.63, 3.8) is 0 Å². The fourth-order valence-electron chi connectivity index (χ4n) is 0.432. The molecule has 1 atom stereocenters. The van der Waals surface area contributed by atoms with Crippen LogP contribution in [0.15, 0.2) is 12.2 Å². The van der Waals surface area contributed by atoms with Gasteiger partial charge in [0, 0.05) is 10.6 Å². The van der Waals surface area contributed by atoms with Crippen LogP contribution in [0.4, 0.5) is 0 Å². The summed E-state index contributed by atoms with van der Waals surface area (Å²) in [5.74, 6) is -0.644. The van der Waals surface area contributed by atoms with E-state index in [1.54, 1.807) is 6.92 Å². The summed E-state index contributed by atoms with van der Waals surface area (Å²) in [5, 5.41) is 0. The SMILES string of the molecule is CC=CC(=O)O[P+](=O)OCCC. The van der Waals surface area contributed by atoms with E-state index in [9.17, 15) is 9.36 Å². The molecule has 0 saturated heterocycles. The molecule has 5 heteroatoms. The van der Waals surface area contributed by atoms with Crippen LogP contribution in [0, 0.1) is 0 Å². The molecule has 0 aliphatic carbocycles. The van der Waals surface area contributed by atoms with E-state index in [2.05, 4.69) is 9.05 Å². The van der Waals surface area contributed by atoms with Crippen molar-refractivity contribution < 1.29 is 18.4 Å². The maximum absolute atomic E-state index is 10.7. The Morgan fingerprint density at radius 3 is 2.75 bits per heavy atom. The van der Waals surface area contributed by atoms with Crippen LogP contribution in [0.1, 0.15) is 20.3 Å². The fourth-order valence-corrected chi connectivity index (χ4v) is 1.02. The topological polar surface area (TPSA) is 52.6 Å². The second kappa shape index (κ2) is 6.95. The van der Waals surface area contributed by atoms with Crippen LogP contribution < -0.4 is 0 Å². The minimum Gasteiger partial charge on any atom is -0.241 e. The number of carbonyl (C=O) groups is 1. The summed E-state index contributed by atoms with van der Waals surface area (Å²) >= 11 is 0. The van der Waals surface area contributed by atoms with E-state index >= 15 is 0 Å². The molecule has 0 aromatic rings. The van der Waals surface area contributed by atoms with Gasteiger partial charge >= 0.3 is 14.2 Å². The summed E-state index contributed by atoms with van der Waals surface area (Å²) in [4.78, 5) is 10.6. The Morgan fingerprint density at radius 1 is 1.58 bits per heavy atom. The Hall–Kier alpha value is -0.730. The van der Waals surface area contributed by atoms with Gasteiger partial charge in [0.2, 0.25) is 0 Å². The van der Waals surface area contributed by atoms with Gasteiger partial charge in [-0.05, 0) is 13.3 Å². The molecule has 0 fully saturated rings. The largest absolute Gasteiger partial charge is 0.753 e. The molecule has 4 nitrogen and oxygen atoms in total. The van der Waals surface area contributed by atoms with Crippen molar-refractivity contribution >= 4 is 14.2 Å². The van der Waals surface area contributed by atoms with Gasteiger partial charge in [-0.15, -0.1) is 4.52 Å². The summed E-state index contributed by atoms with van der Waals surface area (Å²) in [5.41, 5.74) is 0. The van der Waals surface area contributed by atoms with Crippen molar-refractivity contribution in [1.82, 2.24) is 0 Å². The highest BCUT2D eigenvalue weighted by Crippen LogP contribution is 2.23. The molecule has 0 bridgehead atoms. The second-order valence-electron chi connectivity index (χ2n) is 1.97. The summed E-state index contributed by atoms with van der Waals surface area (Å²) in [7, 11) is -2.29. The van der Waals surface area contributed by atoms with Gasteiger partial charge < -0.3 is 0 Å². The fraction of sp³-hybridized carbons (Fsp3) is 0.571. The van der Waals surface area contributed by atoms with E-state index in [1.165, 1.54) is 12.2 Å². The van der Waals surface area contributed by atoms with Crippen LogP contribution >= 0.6 is 8.25 Å². The normalized spacial score (nSPS) is 11.7. The lowest BCUT2D eigenvalue weighted by Gasteiger charge is -1.84. The smallest absolute Gasteiger partial charge is 0.241 e. The van der Waals surface area contributed by atoms with Crippen LogP contribution in [-0.2, 0) is 18.4 Å². The third kappa shape index (κ3) is 6.01. The molecule has 1 unspecified atom stereocenters. The zero-order chi connectivity index (χ0) is 9.40. The van der Waals surface area contributed by atoms with Crippen LogP contribution in [-0.4, -0.2) is 12.6 Å². The lowest BCUT2D eigenvalue weighted by Crippen LogP contribution is -1.94. The van der Waals surface area contributed by atoms with E-state index < -0.39 is 14.2 Å². The number of hydrogen-bond donors (Lipinski definition) is 0. The van der Waals surface area contributed by atoms with Crippen LogP contribution in [0.3, 0.4) is 0 Å². The van der Waals surface area contributed by atoms with E-state index in [4.69, 9.17) is 0 Å². The van der Waals surface area contributed by atoms with E-state index in [1.807, 2.05) is 6.92 Å². The Balaban J connectivity index is 3.62. The number of allylic oxidation sites excluding steroid dienone is 1. The maximum Gasteiger partial charge on any atom is 0.753 e. The predicted octanol–water partition coefficient (Wildman–Crippen LogP) is 2.19. The lowest BCUT2D eigenvalue weighted by atomic mass is 10.5. The third-order valence-corrected chi connectivity index (χ3v) is 1.59. The molecule has 0 aromatic heterocycles. The van der Waals surface area contributed by atoms with Crippen molar-refractivity contribution in [1.29, 1.82) is 0 Å². The molecule has 68 valence electrons. The van der Waals surface area contributed by atoms with Gasteiger partial charge in [0.15, 0.2) is 0 Å². The number of hydrogen-bond acceptors (Lipinski definition) is 4. The molecular weight excluding hydrogens is 179 g/mol. The van der Waals surface area contributed by atoms with Gasteiger partial charge in [-0.1, -0.05) is 13.0 Å². The Morgan fingerprint density at radius 2 is 2.25 bits per heavy atom. The third-order valence-electron chi connectivity index (χ3n) is 0.868. The highest BCUT2D eigenvalue weighted by molar-refractivity contribution is 7.34. The quantitative estimate of drug-likeness (QED) is 0.493. The Kier molecular flexibility index (Phi) is 6.53. The molecule has 0 aromatic carbocycles. The zero-order valence-electron chi connectivity index (χ0n) is 7.15. The molecular formula is C7H12O4P+. The van der Waals surface area contributed by atoms with Crippen LogP contribution in [0.2, 0.25) is 0 Å². The standard InChI is InChI=1S/C7H12O4P/c1-3-5-7(8)11-12(9)10-6-4-2/h3,5H,4,6H2,1-2H3/q+1. The molecule has 0 rings (SSSR count). The van der Waals surface area contributed by atoms with Crippen molar-refractivity contribution in [2.75, 3.05) is 6.61 Å². The van der Waals surface area contributed by atoms with Crippen molar-refractivity contribution in [3.05, 3.63) is 12.2 Å². The highest BCUT2D eigenvalue weighted by Gasteiger charge is 2.23. The highest BCUT2D eigenvalue weighted by atomic mass is 31.1. The summed E-state index contributed by atoms with van der Waals surface area (Å²) in [6.07, 6.45) is 3.43. The van der Waals surface area contributed by atoms with Crippen molar-refractivity contribution in [3.8, 4) is 0 Å². The average Bonchev–Trinajstić information content (AvgIpc) is 2.01.